The first-order valence-electron chi connectivity index (χ1n) is 4.73. The van der Waals surface area contributed by atoms with Gasteiger partial charge in [-0.3, -0.25) is 14.3 Å². The Morgan fingerprint density at radius 1 is 1.53 bits per heavy atom. The molecule has 0 atom stereocenters. The van der Waals surface area contributed by atoms with Gasteiger partial charge in [0, 0.05) is 19.1 Å². The van der Waals surface area contributed by atoms with E-state index in [-0.39, 0.29) is 0 Å². The Balaban J connectivity index is 2.74. The molecule has 6 heteroatoms. The molecular weight excluding hydrogens is 201 g/mol. The number of halogens is 1. The number of H-pyrrole nitrogens is 1. The van der Waals surface area contributed by atoms with E-state index in [2.05, 4.69) is 5.32 Å². The lowest BCUT2D eigenvalue weighted by Gasteiger charge is -2.08. The van der Waals surface area contributed by atoms with Crippen LogP contribution in [0.4, 0.5) is 4.39 Å². The number of aromatic amines is 1. The van der Waals surface area contributed by atoms with Crippen LogP contribution in [0.5, 0.6) is 0 Å². The standard InChI is InChI=1S/C9H14FN3O2/c1-6(2)11-3-4-13-5-7(10)8(14)12-9(13)15/h5-6,11H,3-4H2,1-2H3,(H,12,14,15). The Morgan fingerprint density at radius 3 is 2.80 bits per heavy atom. The number of hydrogen-bond donors (Lipinski definition) is 2. The lowest BCUT2D eigenvalue weighted by atomic mass is 10.4. The van der Waals surface area contributed by atoms with E-state index in [1.807, 2.05) is 18.8 Å². The van der Waals surface area contributed by atoms with Gasteiger partial charge in [-0.05, 0) is 0 Å². The number of nitrogens with zero attached hydrogens (tertiary/aromatic N) is 1. The summed E-state index contributed by atoms with van der Waals surface area (Å²) in [5.74, 6) is -0.945. The van der Waals surface area contributed by atoms with E-state index in [1.165, 1.54) is 0 Å². The maximum absolute atomic E-state index is 12.8. The van der Waals surface area contributed by atoms with Crippen molar-refractivity contribution in [1.82, 2.24) is 14.9 Å². The van der Waals surface area contributed by atoms with Crippen molar-refractivity contribution in [3.63, 3.8) is 0 Å². The molecule has 1 rings (SSSR count). The molecule has 0 unspecified atom stereocenters. The normalized spacial score (nSPS) is 10.9. The molecule has 0 aliphatic carbocycles. The summed E-state index contributed by atoms with van der Waals surface area (Å²) in [5.41, 5.74) is -1.57. The summed E-state index contributed by atoms with van der Waals surface area (Å²) in [5, 5.41) is 3.08. The fourth-order valence-electron chi connectivity index (χ4n) is 1.12. The van der Waals surface area contributed by atoms with Gasteiger partial charge < -0.3 is 5.32 Å². The fraction of sp³-hybridized carbons (Fsp3) is 0.556. The summed E-state index contributed by atoms with van der Waals surface area (Å²) >= 11 is 0. The SMILES string of the molecule is CC(C)NCCn1cc(F)c(=O)[nH]c1=O. The fourth-order valence-corrected chi connectivity index (χ4v) is 1.12. The van der Waals surface area contributed by atoms with Crippen LogP contribution in [0.25, 0.3) is 0 Å². The first-order chi connectivity index (χ1) is 7.00. The van der Waals surface area contributed by atoms with Crippen molar-refractivity contribution >= 4 is 0 Å². The van der Waals surface area contributed by atoms with E-state index in [1.54, 1.807) is 0 Å². The minimum atomic E-state index is -0.979. The molecule has 1 heterocycles. The van der Waals surface area contributed by atoms with Crippen molar-refractivity contribution < 1.29 is 4.39 Å². The highest BCUT2D eigenvalue weighted by atomic mass is 19.1. The second-order valence-corrected chi connectivity index (χ2v) is 3.54. The molecule has 2 N–H and O–H groups in total. The Hall–Kier alpha value is -1.43. The van der Waals surface area contributed by atoms with Gasteiger partial charge in [-0.25, -0.2) is 4.79 Å². The van der Waals surface area contributed by atoms with E-state index in [0.29, 0.717) is 19.1 Å². The molecular formula is C9H14FN3O2. The van der Waals surface area contributed by atoms with E-state index in [4.69, 9.17) is 0 Å². The first-order valence-corrected chi connectivity index (χ1v) is 4.73. The van der Waals surface area contributed by atoms with E-state index < -0.39 is 17.1 Å². The summed E-state index contributed by atoms with van der Waals surface area (Å²) in [4.78, 5) is 23.8. The predicted octanol–water partition coefficient (Wildman–Crippen LogP) is -0.326. The zero-order chi connectivity index (χ0) is 11.4. The van der Waals surface area contributed by atoms with Crippen LogP contribution < -0.4 is 16.6 Å². The molecule has 0 amide bonds. The molecule has 0 saturated heterocycles. The summed E-state index contributed by atoms with van der Waals surface area (Å²) < 4.78 is 14.0. The Morgan fingerprint density at radius 2 is 2.20 bits per heavy atom. The van der Waals surface area contributed by atoms with Crippen LogP contribution in [-0.4, -0.2) is 22.1 Å². The van der Waals surface area contributed by atoms with Gasteiger partial charge in [0.05, 0.1) is 6.20 Å². The average molecular weight is 215 g/mol. The van der Waals surface area contributed by atoms with Crippen molar-refractivity contribution in [2.24, 2.45) is 0 Å². The molecule has 1 aromatic heterocycles. The molecule has 5 nitrogen and oxygen atoms in total. The molecule has 0 bridgehead atoms. The molecule has 0 aromatic carbocycles. The second kappa shape index (κ2) is 4.88. The van der Waals surface area contributed by atoms with Gasteiger partial charge >= 0.3 is 5.69 Å². The monoisotopic (exact) mass is 215 g/mol. The second-order valence-electron chi connectivity index (χ2n) is 3.54. The Kier molecular flexibility index (Phi) is 3.79. The molecule has 1 aromatic rings. The van der Waals surface area contributed by atoms with E-state index in [0.717, 1.165) is 10.8 Å². The molecule has 0 saturated carbocycles. The molecule has 0 aliphatic rings. The van der Waals surface area contributed by atoms with Crippen molar-refractivity contribution in [3.05, 3.63) is 32.9 Å². The van der Waals surface area contributed by atoms with Crippen LogP contribution in [0.2, 0.25) is 0 Å². The maximum atomic E-state index is 12.8. The number of aromatic nitrogens is 2. The van der Waals surface area contributed by atoms with Crippen molar-refractivity contribution in [1.29, 1.82) is 0 Å². The van der Waals surface area contributed by atoms with Gasteiger partial charge in [0.15, 0.2) is 0 Å². The third kappa shape index (κ3) is 3.32. The van der Waals surface area contributed by atoms with Crippen LogP contribution in [-0.2, 0) is 6.54 Å². The molecule has 0 radical (unpaired) electrons. The largest absolute Gasteiger partial charge is 0.328 e. The van der Waals surface area contributed by atoms with Crippen LogP contribution in [0, 0.1) is 5.82 Å². The zero-order valence-electron chi connectivity index (χ0n) is 8.71. The van der Waals surface area contributed by atoms with Gasteiger partial charge in [-0.15, -0.1) is 0 Å². The predicted molar refractivity (Wildman–Crippen MR) is 54.4 cm³/mol. The smallest absolute Gasteiger partial charge is 0.313 e. The highest BCUT2D eigenvalue weighted by molar-refractivity contribution is 4.87. The van der Waals surface area contributed by atoms with Gasteiger partial charge in [0.2, 0.25) is 5.82 Å². The lowest BCUT2D eigenvalue weighted by molar-refractivity contribution is 0.506. The van der Waals surface area contributed by atoms with Crippen LogP contribution in [0.3, 0.4) is 0 Å². The topological polar surface area (TPSA) is 66.9 Å². The Labute approximate surface area is 85.9 Å². The van der Waals surface area contributed by atoms with E-state index in [9.17, 15) is 14.0 Å². The van der Waals surface area contributed by atoms with Gasteiger partial charge in [-0.1, -0.05) is 13.8 Å². The molecule has 0 fully saturated rings. The molecule has 84 valence electrons. The van der Waals surface area contributed by atoms with Gasteiger partial charge in [-0.2, -0.15) is 4.39 Å². The Bertz CT molecular complexity index is 436. The number of nitrogens with one attached hydrogen (secondary N) is 2. The lowest BCUT2D eigenvalue weighted by Crippen LogP contribution is -2.35. The van der Waals surface area contributed by atoms with E-state index >= 15 is 0 Å². The average Bonchev–Trinajstić information content (AvgIpc) is 2.13. The zero-order valence-corrected chi connectivity index (χ0v) is 8.71. The van der Waals surface area contributed by atoms with Crippen molar-refractivity contribution in [2.75, 3.05) is 6.54 Å². The molecule has 15 heavy (non-hydrogen) atoms. The summed E-state index contributed by atoms with van der Waals surface area (Å²) in [6.45, 7) is 4.81. The molecule has 0 spiro atoms. The number of hydrogen-bond acceptors (Lipinski definition) is 3. The van der Waals surface area contributed by atoms with Gasteiger partial charge in [0.1, 0.15) is 0 Å². The van der Waals surface area contributed by atoms with Crippen molar-refractivity contribution in [2.45, 2.75) is 26.4 Å². The first kappa shape index (κ1) is 11.6. The van der Waals surface area contributed by atoms with Crippen LogP contribution in [0.1, 0.15) is 13.8 Å². The summed E-state index contributed by atoms with van der Waals surface area (Å²) in [6.07, 6.45) is 0.920. The quantitative estimate of drug-likeness (QED) is 0.723. The third-order valence-electron chi connectivity index (χ3n) is 1.87. The summed E-state index contributed by atoms with van der Waals surface area (Å²) in [6, 6.07) is 0.299. The highest BCUT2D eigenvalue weighted by Gasteiger charge is 2.03. The minimum absolute atomic E-state index is 0.299. The van der Waals surface area contributed by atoms with Crippen LogP contribution >= 0.6 is 0 Å². The number of rotatable bonds is 4. The van der Waals surface area contributed by atoms with Crippen LogP contribution in [0.15, 0.2) is 15.8 Å². The third-order valence-corrected chi connectivity index (χ3v) is 1.87. The summed E-state index contributed by atoms with van der Waals surface area (Å²) in [7, 11) is 0. The minimum Gasteiger partial charge on any atom is -0.313 e. The maximum Gasteiger partial charge on any atom is 0.328 e. The van der Waals surface area contributed by atoms with Gasteiger partial charge in [0.25, 0.3) is 5.56 Å². The molecule has 0 aliphatic heterocycles. The van der Waals surface area contributed by atoms with Crippen molar-refractivity contribution in [3.8, 4) is 0 Å². The highest BCUT2D eigenvalue weighted by Crippen LogP contribution is 1.84.